The predicted octanol–water partition coefficient (Wildman–Crippen LogP) is 1.32. The van der Waals surface area contributed by atoms with Crippen molar-refractivity contribution in [1.82, 2.24) is 9.62 Å². The van der Waals surface area contributed by atoms with Gasteiger partial charge in [0.25, 0.3) is 0 Å². The van der Waals surface area contributed by atoms with Gasteiger partial charge in [0, 0.05) is 20.1 Å². The van der Waals surface area contributed by atoms with E-state index >= 15 is 0 Å². The van der Waals surface area contributed by atoms with Gasteiger partial charge in [-0.25, -0.2) is 12.7 Å². The summed E-state index contributed by atoms with van der Waals surface area (Å²) >= 11 is 0. The van der Waals surface area contributed by atoms with E-state index < -0.39 is 10.0 Å². The highest BCUT2D eigenvalue weighted by atomic mass is 32.2. The summed E-state index contributed by atoms with van der Waals surface area (Å²) in [6.45, 7) is 3.64. The molecule has 6 heteroatoms. The predicted molar refractivity (Wildman–Crippen MR) is 79.6 cm³/mol. The maximum absolute atomic E-state index is 11.5. The summed E-state index contributed by atoms with van der Waals surface area (Å²) in [6.07, 6.45) is 0.770. The molecule has 1 rings (SSSR count). The van der Waals surface area contributed by atoms with Crippen molar-refractivity contribution in [1.29, 1.82) is 5.26 Å². The largest absolute Gasteiger partial charge is 0.313 e. The van der Waals surface area contributed by atoms with Crippen LogP contribution in [0.2, 0.25) is 0 Å². The Balaban J connectivity index is 2.24. The van der Waals surface area contributed by atoms with Gasteiger partial charge in [0.2, 0.25) is 10.0 Å². The molecule has 1 aromatic rings. The molecule has 0 aliphatic carbocycles. The van der Waals surface area contributed by atoms with Crippen molar-refractivity contribution in [2.24, 2.45) is 0 Å². The lowest BCUT2D eigenvalue weighted by atomic mass is 10.1. The zero-order valence-electron chi connectivity index (χ0n) is 12.0. The van der Waals surface area contributed by atoms with E-state index in [1.54, 1.807) is 26.1 Å². The van der Waals surface area contributed by atoms with Gasteiger partial charge >= 0.3 is 0 Å². The fourth-order valence-electron chi connectivity index (χ4n) is 1.72. The number of nitriles is 1. The fraction of sp³-hybridized carbons (Fsp3) is 0.500. The van der Waals surface area contributed by atoms with Crippen LogP contribution in [-0.2, 0) is 16.6 Å². The lowest BCUT2D eigenvalue weighted by Gasteiger charge is -2.15. The molecule has 1 N–H and O–H groups in total. The van der Waals surface area contributed by atoms with Crippen LogP contribution in [0.3, 0.4) is 0 Å². The fourth-order valence-corrected chi connectivity index (χ4v) is 2.56. The van der Waals surface area contributed by atoms with Crippen molar-refractivity contribution in [2.75, 3.05) is 25.9 Å². The number of nitrogens with zero attached hydrogens (tertiary/aromatic N) is 2. The van der Waals surface area contributed by atoms with Gasteiger partial charge in [0.05, 0.1) is 17.4 Å². The third-order valence-electron chi connectivity index (χ3n) is 3.08. The molecule has 1 aromatic carbocycles. The Morgan fingerprint density at radius 2 is 1.95 bits per heavy atom. The third kappa shape index (κ3) is 5.29. The van der Waals surface area contributed by atoms with Gasteiger partial charge in [-0.2, -0.15) is 5.26 Å². The van der Waals surface area contributed by atoms with Crippen LogP contribution in [0.1, 0.15) is 24.5 Å². The van der Waals surface area contributed by atoms with Crippen LogP contribution < -0.4 is 5.32 Å². The Morgan fingerprint density at radius 1 is 1.30 bits per heavy atom. The van der Waals surface area contributed by atoms with E-state index in [0.29, 0.717) is 12.1 Å². The zero-order chi connectivity index (χ0) is 15.0. The lowest BCUT2D eigenvalue weighted by molar-refractivity contribution is 0.455. The third-order valence-corrected chi connectivity index (χ3v) is 4.94. The first-order valence-corrected chi connectivity index (χ1v) is 8.24. The quantitative estimate of drug-likeness (QED) is 0.734. The van der Waals surface area contributed by atoms with Crippen molar-refractivity contribution in [3.05, 3.63) is 35.4 Å². The van der Waals surface area contributed by atoms with E-state index in [9.17, 15) is 8.42 Å². The van der Waals surface area contributed by atoms with Crippen LogP contribution in [0, 0.1) is 11.3 Å². The Bertz CT molecular complexity index is 547. The topological polar surface area (TPSA) is 73.2 Å². The maximum Gasteiger partial charge on any atom is 0.213 e. The molecule has 110 valence electrons. The molecule has 0 aliphatic rings. The average Bonchev–Trinajstić information content (AvgIpc) is 2.47. The molecule has 0 bridgehead atoms. The molecule has 0 spiro atoms. The summed E-state index contributed by atoms with van der Waals surface area (Å²) in [5.41, 5.74) is 1.76. The molecule has 0 heterocycles. The second-order valence-electron chi connectivity index (χ2n) is 4.56. The molecule has 0 amide bonds. The van der Waals surface area contributed by atoms with Crippen LogP contribution in [0.4, 0.5) is 0 Å². The minimum absolute atomic E-state index is 0.141. The van der Waals surface area contributed by atoms with Gasteiger partial charge in [-0.15, -0.1) is 0 Å². The molecular formula is C14H21N3O2S. The number of hydrogen-bond donors (Lipinski definition) is 1. The van der Waals surface area contributed by atoms with Crippen molar-refractivity contribution in [2.45, 2.75) is 19.9 Å². The molecule has 0 aliphatic heterocycles. The molecule has 0 fully saturated rings. The summed E-state index contributed by atoms with van der Waals surface area (Å²) < 4.78 is 24.4. The highest BCUT2D eigenvalue weighted by molar-refractivity contribution is 7.89. The van der Waals surface area contributed by atoms with E-state index in [-0.39, 0.29) is 5.75 Å². The Kier molecular flexibility index (Phi) is 6.65. The molecule has 0 saturated carbocycles. The molecule has 0 atom stereocenters. The Morgan fingerprint density at radius 3 is 2.50 bits per heavy atom. The smallest absolute Gasteiger partial charge is 0.213 e. The van der Waals surface area contributed by atoms with Crippen LogP contribution in [0.5, 0.6) is 0 Å². The first kappa shape index (κ1) is 16.6. The van der Waals surface area contributed by atoms with Crippen LogP contribution in [0.25, 0.3) is 0 Å². The van der Waals surface area contributed by atoms with Gasteiger partial charge in [0.15, 0.2) is 0 Å². The molecule has 20 heavy (non-hydrogen) atoms. The monoisotopic (exact) mass is 295 g/mol. The SMILES string of the molecule is CCS(=O)(=O)N(C)CCCNCc1ccc(C#N)cc1. The Hall–Kier alpha value is -1.42. The molecule has 0 aromatic heterocycles. The highest BCUT2D eigenvalue weighted by Gasteiger charge is 2.13. The maximum atomic E-state index is 11.5. The molecular weight excluding hydrogens is 274 g/mol. The van der Waals surface area contributed by atoms with Crippen molar-refractivity contribution in [3.63, 3.8) is 0 Å². The Labute approximate surface area is 121 Å². The van der Waals surface area contributed by atoms with Crippen LogP contribution in [-0.4, -0.2) is 38.6 Å². The van der Waals surface area contributed by atoms with Crippen LogP contribution >= 0.6 is 0 Å². The average molecular weight is 295 g/mol. The number of hydrogen-bond acceptors (Lipinski definition) is 4. The normalized spacial score (nSPS) is 11.5. The second kappa shape index (κ2) is 8.00. The standard InChI is InChI=1S/C14H21N3O2S/c1-3-20(18,19)17(2)10-4-9-16-12-14-7-5-13(11-15)6-8-14/h5-8,16H,3-4,9-10,12H2,1-2H3. The highest BCUT2D eigenvalue weighted by Crippen LogP contribution is 2.03. The minimum atomic E-state index is -3.07. The summed E-state index contributed by atoms with van der Waals surface area (Å²) in [7, 11) is -1.46. The van der Waals surface area contributed by atoms with E-state index in [1.807, 2.05) is 12.1 Å². The molecule has 0 radical (unpaired) electrons. The van der Waals surface area contributed by atoms with E-state index in [2.05, 4.69) is 11.4 Å². The van der Waals surface area contributed by atoms with Crippen LogP contribution in [0.15, 0.2) is 24.3 Å². The summed E-state index contributed by atoms with van der Waals surface area (Å²) in [5, 5.41) is 12.0. The van der Waals surface area contributed by atoms with Gasteiger partial charge in [0.1, 0.15) is 0 Å². The minimum Gasteiger partial charge on any atom is -0.313 e. The van der Waals surface area contributed by atoms with Gasteiger partial charge in [-0.3, -0.25) is 0 Å². The van der Waals surface area contributed by atoms with E-state index in [1.165, 1.54) is 4.31 Å². The number of rotatable bonds is 8. The lowest BCUT2D eigenvalue weighted by Crippen LogP contribution is -2.31. The van der Waals surface area contributed by atoms with Crippen molar-refractivity contribution in [3.8, 4) is 6.07 Å². The molecule has 0 unspecified atom stereocenters. The first-order valence-electron chi connectivity index (χ1n) is 6.63. The number of sulfonamides is 1. The number of nitrogens with one attached hydrogen (secondary N) is 1. The zero-order valence-corrected chi connectivity index (χ0v) is 12.8. The second-order valence-corrected chi connectivity index (χ2v) is 6.93. The molecule has 5 nitrogen and oxygen atoms in total. The van der Waals surface area contributed by atoms with Gasteiger partial charge in [-0.05, 0) is 37.6 Å². The number of benzene rings is 1. The molecule has 0 saturated heterocycles. The summed E-state index contributed by atoms with van der Waals surface area (Å²) in [4.78, 5) is 0. The van der Waals surface area contributed by atoms with E-state index in [4.69, 9.17) is 5.26 Å². The van der Waals surface area contributed by atoms with Crippen molar-refractivity contribution >= 4 is 10.0 Å². The van der Waals surface area contributed by atoms with Gasteiger partial charge in [-0.1, -0.05) is 12.1 Å². The summed E-state index contributed by atoms with van der Waals surface area (Å²) in [5.74, 6) is 0.141. The van der Waals surface area contributed by atoms with Crippen molar-refractivity contribution < 1.29 is 8.42 Å². The first-order chi connectivity index (χ1) is 9.49. The summed E-state index contributed by atoms with van der Waals surface area (Å²) in [6, 6.07) is 9.49. The van der Waals surface area contributed by atoms with Gasteiger partial charge < -0.3 is 5.32 Å². The van der Waals surface area contributed by atoms with E-state index in [0.717, 1.165) is 25.1 Å².